The van der Waals surface area contributed by atoms with E-state index in [1.54, 1.807) is 60.3 Å². The van der Waals surface area contributed by atoms with Gasteiger partial charge in [0.15, 0.2) is 5.11 Å². The van der Waals surface area contributed by atoms with Gasteiger partial charge in [-0.15, -0.1) is 0 Å². The van der Waals surface area contributed by atoms with Crippen molar-refractivity contribution in [2.45, 2.75) is 6.17 Å². The number of rotatable bonds is 3. The molecule has 1 aliphatic heterocycles. The molecule has 0 saturated heterocycles. The number of halogens is 3. The molecule has 0 bridgehead atoms. The lowest BCUT2D eigenvalue weighted by Gasteiger charge is -2.25. The minimum absolute atomic E-state index is 0.271. The van der Waals surface area contributed by atoms with Crippen molar-refractivity contribution in [1.29, 1.82) is 0 Å². The summed E-state index contributed by atoms with van der Waals surface area (Å²) in [5.41, 5.74) is 3.42. The van der Waals surface area contributed by atoms with Gasteiger partial charge in [0.1, 0.15) is 0 Å². The molecule has 1 heterocycles. The molecule has 9 heteroatoms. The van der Waals surface area contributed by atoms with Gasteiger partial charge in [-0.25, -0.2) is 4.99 Å². The number of thiocarbonyl (C=S) groups is 1. The van der Waals surface area contributed by atoms with Crippen molar-refractivity contribution in [2.75, 3.05) is 23.9 Å². The zero-order valence-corrected chi connectivity index (χ0v) is 20.8. The van der Waals surface area contributed by atoms with Crippen LogP contribution in [0.1, 0.15) is 11.1 Å². The van der Waals surface area contributed by atoms with Gasteiger partial charge in [-0.2, -0.15) is 0 Å². The molecule has 3 aromatic rings. The number of amides is 1. The van der Waals surface area contributed by atoms with Crippen LogP contribution in [0.4, 0.5) is 11.4 Å². The minimum Gasteiger partial charge on any atom is -0.333 e. The number of hydrogen-bond donors (Lipinski definition) is 1. The normalized spacial score (nSPS) is 15.4. The van der Waals surface area contributed by atoms with Gasteiger partial charge in [-0.1, -0.05) is 53.0 Å². The smallest absolute Gasteiger partial charge is 0.272 e. The van der Waals surface area contributed by atoms with E-state index in [1.807, 2.05) is 30.3 Å². The van der Waals surface area contributed by atoms with Gasteiger partial charge < -0.3 is 15.1 Å². The van der Waals surface area contributed by atoms with Crippen molar-refractivity contribution in [3.8, 4) is 0 Å². The first kappa shape index (κ1) is 23.5. The largest absolute Gasteiger partial charge is 0.333 e. The van der Waals surface area contributed by atoms with Crippen molar-refractivity contribution < 1.29 is 4.79 Å². The summed E-state index contributed by atoms with van der Waals surface area (Å²) in [6.45, 7) is 0. The molecule has 3 aromatic carbocycles. The van der Waals surface area contributed by atoms with Crippen molar-refractivity contribution in [2.24, 2.45) is 4.99 Å². The van der Waals surface area contributed by atoms with E-state index in [0.717, 1.165) is 5.69 Å². The first-order chi connectivity index (χ1) is 15.8. The summed E-state index contributed by atoms with van der Waals surface area (Å²) in [6.07, 6.45) is -0.977. The molecular weight excluding hydrogens is 499 g/mol. The van der Waals surface area contributed by atoms with Crippen LogP contribution >= 0.6 is 47.0 Å². The first-order valence-electron chi connectivity index (χ1n) is 9.96. The maximum Gasteiger partial charge on any atom is 0.272 e. The van der Waals surface area contributed by atoms with Crippen molar-refractivity contribution in [1.82, 2.24) is 5.32 Å². The third kappa shape index (κ3) is 4.84. The third-order valence-corrected chi connectivity index (χ3v) is 6.51. The second kappa shape index (κ2) is 9.69. The number of benzodiazepines with no additional fused rings is 1. The standard InChI is InChI=1S/C24H19Cl3N4OS/c1-30(16-10-7-14(25)8-11-16)24(33)29-22-23(32)31(2)20-12-9-15(26)13-18(20)21(28-22)17-5-3-4-6-19(17)27/h3-13,22H,1-2H3,(H,29,33). The molecule has 0 aliphatic carbocycles. The maximum absolute atomic E-state index is 13.4. The molecule has 1 aliphatic rings. The Bertz CT molecular complexity index is 1260. The number of nitrogens with one attached hydrogen (secondary N) is 1. The van der Waals surface area contributed by atoms with E-state index in [4.69, 9.17) is 52.0 Å². The summed E-state index contributed by atoms with van der Waals surface area (Å²) in [7, 11) is 3.50. The molecule has 1 atom stereocenters. The van der Waals surface area contributed by atoms with Crippen LogP contribution in [0.25, 0.3) is 0 Å². The number of benzene rings is 3. The lowest BCUT2D eigenvalue weighted by Crippen LogP contribution is -2.49. The van der Waals surface area contributed by atoms with E-state index in [-0.39, 0.29) is 5.91 Å². The van der Waals surface area contributed by atoms with Crippen LogP contribution in [0.2, 0.25) is 15.1 Å². The van der Waals surface area contributed by atoms with Crippen LogP contribution in [0.15, 0.2) is 71.7 Å². The minimum atomic E-state index is -0.977. The van der Waals surface area contributed by atoms with Crippen LogP contribution in [0, 0.1) is 0 Å². The predicted octanol–water partition coefficient (Wildman–Crippen LogP) is 5.80. The monoisotopic (exact) mass is 516 g/mol. The zero-order valence-electron chi connectivity index (χ0n) is 17.7. The Morgan fingerprint density at radius 2 is 1.67 bits per heavy atom. The fourth-order valence-corrected chi connectivity index (χ4v) is 4.24. The van der Waals surface area contributed by atoms with E-state index in [2.05, 4.69) is 5.32 Å². The van der Waals surface area contributed by atoms with Crippen LogP contribution in [0.5, 0.6) is 0 Å². The molecule has 0 radical (unpaired) electrons. The van der Waals surface area contributed by atoms with Gasteiger partial charge in [-0.3, -0.25) is 4.79 Å². The molecule has 1 amide bonds. The van der Waals surface area contributed by atoms with E-state index in [1.165, 1.54) is 0 Å². The Kier molecular flexibility index (Phi) is 6.91. The Morgan fingerprint density at radius 3 is 2.36 bits per heavy atom. The summed E-state index contributed by atoms with van der Waals surface area (Å²) >= 11 is 24.4. The fourth-order valence-electron chi connectivity index (χ4n) is 3.50. The van der Waals surface area contributed by atoms with Crippen LogP contribution in [-0.4, -0.2) is 37.0 Å². The number of nitrogens with zero attached hydrogens (tertiary/aromatic N) is 3. The second-order valence-electron chi connectivity index (χ2n) is 7.40. The van der Waals surface area contributed by atoms with Gasteiger partial charge in [0, 0.05) is 46.0 Å². The Morgan fingerprint density at radius 1 is 1.00 bits per heavy atom. The van der Waals surface area contributed by atoms with E-state index < -0.39 is 6.17 Å². The third-order valence-electron chi connectivity index (χ3n) is 5.31. The number of anilines is 2. The Hall–Kier alpha value is -2.64. The first-order valence-corrected chi connectivity index (χ1v) is 11.5. The van der Waals surface area contributed by atoms with E-state index in [9.17, 15) is 4.79 Å². The van der Waals surface area contributed by atoms with Crippen molar-refractivity contribution >= 4 is 75.1 Å². The molecule has 0 aromatic heterocycles. The lowest BCUT2D eigenvalue weighted by molar-refractivity contribution is -0.119. The number of aliphatic imine (C=N–C) groups is 1. The lowest BCUT2D eigenvalue weighted by atomic mass is 10.00. The highest BCUT2D eigenvalue weighted by atomic mass is 35.5. The predicted molar refractivity (Wildman–Crippen MR) is 141 cm³/mol. The number of hydrogen-bond acceptors (Lipinski definition) is 3. The summed E-state index contributed by atoms with van der Waals surface area (Å²) in [5, 5.41) is 5.08. The summed E-state index contributed by atoms with van der Waals surface area (Å²) in [5.74, 6) is -0.271. The van der Waals surface area contributed by atoms with Gasteiger partial charge in [-0.05, 0) is 60.7 Å². The van der Waals surface area contributed by atoms with Crippen molar-refractivity contribution in [3.63, 3.8) is 0 Å². The topological polar surface area (TPSA) is 47.9 Å². The van der Waals surface area contributed by atoms with Gasteiger partial charge in [0.2, 0.25) is 6.17 Å². The molecule has 1 unspecified atom stereocenters. The average molecular weight is 518 g/mol. The van der Waals surface area contributed by atoms with Crippen LogP contribution in [-0.2, 0) is 4.79 Å². The van der Waals surface area contributed by atoms with Crippen LogP contribution in [0.3, 0.4) is 0 Å². The molecule has 33 heavy (non-hydrogen) atoms. The maximum atomic E-state index is 13.4. The summed E-state index contributed by atoms with van der Waals surface area (Å²) in [4.78, 5) is 21.5. The van der Waals surface area contributed by atoms with Gasteiger partial charge >= 0.3 is 0 Å². The van der Waals surface area contributed by atoms with Crippen molar-refractivity contribution in [3.05, 3.63) is 92.9 Å². The molecule has 0 fully saturated rings. The Balaban J connectivity index is 1.76. The number of fused-ring (bicyclic) bond motifs is 1. The molecule has 4 rings (SSSR count). The second-order valence-corrected chi connectivity index (χ2v) is 9.07. The molecule has 0 saturated carbocycles. The SMILES string of the molecule is CN(C(=S)NC1N=C(c2ccccc2Cl)c2cc(Cl)ccc2N(C)C1=O)c1ccc(Cl)cc1. The average Bonchev–Trinajstić information content (AvgIpc) is 2.90. The molecule has 5 nitrogen and oxygen atoms in total. The highest BCUT2D eigenvalue weighted by molar-refractivity contribution is 7.80. The van der Waals surface area contributed by atoms with E-state index in [0.29, 0.717) is 42.7 Å². The van der Waals surface area contributed by atoms with Gasteiger partial charge in [0.05, 0.1) is 11.4 Å². The number of carbonyl (C=O) groups excluding carboxylic acids is 1. The molecule has 1 N–H and O–H groups in total. The fraction of sp³-hybridized carbons (Fsp3) is 0.125. The number of likely N-dealkylation sites (N-methyl/N-ethyl adjacent to an activating group) is 1. The molecular formula is C24H19Cl3N4OS. The number of carbonyl (C=O) groups is 1. The molecule has 0 spiro atoms. The highest BCUT2D eigenvalue weighted by Crippen LogP contribution is 2.32. The van der Waals surface area contributed by atoms with E-state index >= 15 is 0 Å². The summed E-state index contributed by atoms with van der Waals surface area (Å²) in [6, 6.07) is 19.9. The quantitative estimate of drug-likeness (QED) is 0.446. The summed E-state index contributed by atoms with van der Waals surface area (Å²) < 4.78 is 0. The highest BCUT2D eigenvalue weighted by Gasteiger charge is 2.31. The van der Waals surface area contributed by atoms with Crippen LogP contribution < -0.4 is 15.1 Å². The van der Waals surface area contributed by atoms with Gasteiger partial charge in [0.25, 0.3) is 5.91 Å². The Labute approximate surface area is 212 Å². The molecule has 168 valence electrons. The zero-order chi connectivity index (χ0) is 23.7.